The van der Waals surface area contributed by atoms with Crippen LogP contribution in [-0.2, 0) is 0 Å². The van der Waals surface area contributed by atoms with Crippen LogP contribution in [-0.4, -0.2) is 49.6 Å². The van der Waals surface area contributed by atoms with Crippen molar-refractivity contribution in [1.82, 2.24) is 9.80 Å². The van der Waals surface area contributed by atoms with Crippen molar-refractivity contribution in [3.63, 3.8) is 0 Å². The summed E-state index contributed by atoms with van der Waals surface area (Å²) in [7, 11) is 3.96. The fraction of sp³-hybridized carbons (Fsp3) is 0.333. The third kappa shape index (κ3) is 3.71. The number of hydrogen-bond acceptors (Lipinski definition) is 3. The average molecular weight is 361 g/mol. The minimum absolute atomic E-state index is 0.237. The Balaban J connectivity index is 1.78. The molecule has 1 aliphatic rings. The summed E-state index contributed by atoms with van der Waals surface area (Å²) < 4.78 is 5.51. The van der Waals surface area contributed by atoms with Gasteiger partial charge in [-0.25, -0.2) is 0 Å². The molecule has 1 saturated heterocycles. The van der Waals surface area contributed by atoms with Crippen LogP contribution in [0.4, 0.5) is 0 Å². The number of benzene rings is 3. The Labute approximate surface area is 162 Å². The van der Waals surface area contributed by atoms with E-state index in [1.54, 1.807) is 7.11 Å². The highest BCUT2D eigenvalue weighted by molar-refractivity contribution is 5.83. The molecule has 1 aliphatic heterocycles. The summed E-state index contributed by atoms with van der Waals surface area (Å²) in [6, 6.07) is 24.8. The van der Waals surface area contributed by atoms with Crippen molar-refractivity contribution in [1.29, 1.82) is 0 Å². The van der Waals surface area contributed by atoms with Gasteiger partial charge in [-0.3, -0.25) is 4.90 Å². The fourth-order valence-corrected chi connectivity index (χ4v) is 4.11. The summed E-state index contributed by atoms with van der Waals surface area (Å²) in [5.41, 5.74) is 2.64. The Bertz CT molecular complexity index is 923. The van der Waals surface area contributed by atoms with Gasteiger partial charge in [0.1, 0.15) is 5.75 Å². The topological polar surface area (TPSA) is 15.7 Å². The predicted molar refractivity (Wildman–Crippen MR) is 112 cm³/mol. The van der Waals surface area contributed by atoms with E-state index in [1.165, 1.54) is 21.9 Å². The molecule has 27 heavy (non-hydrogen) atoms. The molecular weight excluding hydrogens is 332 g/mol. The molecule has 3 aromatic rings. The third-order valence-corrected chi connectivity index (χ3v) is 5.86. The minimum Gasteiger partial charge on any atom is -0.497 e. The van der Waals surface area contributed by atoms with Gasteiger partial charge in [0.15, 0.2) is 0 Å². The van der Waals surface area contributed by atoms with E-state index in [0.29, 0.717) is 6.04 Å². The lowest BCUT2D eigenvalue weighted by Crippen LogP contribution is -2.51. The highest BCUT2D eigenvalue weighted by atomic mass is 16.5. The predicted octanol–water partition coefficient (Wildman–Crippen LogP) is 4.57. The van der Waals surface area contributed by atoms with E-state index in [0.717, 1.165) is 25.4 Å². The van der Waals surface area contributed by atoms with Gasteiger partial charge in [-0.05, 0) is 54.1 Å². The van der Waals surface area contributed by atoms with Crippen LogP contribution in [0.25, 0.3) is 10.8 Å². The summed E-state index contributed by atoms with van der Waals surface area (Å²) in [6.07, 6.45) is 0. The molecule has 3 nitrogen and oxygen atoms in total. The zero-order valence-corrected chi connectivity index (χ0v) is 16.4. The van der Waals surface area contributed by atoms with E-state index >= 15 is 0 Å². The van der Waals surface area contributed by atoms with Gasteiger partial charge in [0.05, 0.1) is 13.2 Å². The summed E-state index contributed by atoms with van der Waals surface area (Å²) >= 11 is 0. The van der Waals surface area contributed by atoms with E-state index in [1.807, 2.05) is 6.07 Å². The maximum absolute atomic E-state index is 5.51. The Morgan fingerprint density at radius 1 is 0.889 bits per heavy atom. The van der Waals surface area contributed by atoms with Crippen molar-refractivity contribution in [2.75, 3.05) is 33.8 Å². The number of ether oxygens (including phenoxy) is 1. The molecule has 0 amide bonds. The molecule has 0 aliphatic carbocycles. The van der Waals surface area contributed by atoms with Crippen molar-refractivity contribution >= 4 is 10.8 Å². The van der Waals surface area contributed by atoms with Gasteiger partial charge in [-0.15, -0.1) is 0 Å². The van der Waals surface area contributed by atoms with Gasteiger partial charge in [-0.2, -0.15) is 0 Å². The van der Waals surface area contributed by atoms with E-state index < -0.39 is 0 Å². The Kier molecular flexibility index (Phi) is 5.15. The first kappa shape index (κ1) is 18.0. The first-order valence-electron chi connectivity index (χ1n) is 9.72. The second-order valence-corrected chi connectivity index (χ2v) is 7.61. The van der Waals surface area contributed by atoms with Crippen molar-refractivity contribution in [2.24, 2.45) is 0 Å². The highest BCUT2D eigenvalue weighted by Gasteiger charge is 2.29. The molecule has 2 atom stereocenters. The molecule has 0 spiro atoms. The number of hydrogen-bond donors (Lipinski definition) is 0. The molecule has 1 fully saturated rings. The van der Waals surface area contributed by atoms with Crippen LogP contribution in [0, 0.1) is 0 Å². The van der Waals surface area contributed by atoms with Gasteiger partial charge in [0.25, 0.3) is 0 Å². The summed E-state index contributed by atoms with van der Waals surface area (Å²) in [6.45, 7) is 5.53. The molecule has 4 rings (SSSR count). The molecule has 140 valence electrons. The van der Waals surface area contributed by atoms with Crippen LogP contribution in [0.3, 0.4) is 0 Å². The minimum atomic E-state index is 0.237. The van der Waals surface area contributed by atoms with Crippen LogP contribution in [0.1, 0.15) is 24.1 Å². The smallest absolute Gasteiger partial charge is 0.119 e. The molecular formula is C24H28N2O. The number of piperazine rings is 1. The molecule has 0 N–H and O–H groups in total. The number of nitrogens with zero attached hydrogens (tertiary/aromatic N) is 2. The number of likely N-dealkylation sites (N-methyl/N-ethyl adjacent to an activating group) is 1. The average Bonchev–Trinajstić information content (AvgIpc) is 2.71. The van der Waals surface area contributed by atoms with Crippen LogP contribution in [0.15, 0.2) is 66.7 Å². The Morgan fingerprint density at radius 3 is 2.44 bits per heavy atom. The standard InChI is InChI=1S/C24H28N2O/c1-18-17-26(14-13-25(18)2)24(21-9-6-10-23(16-21)27-3)22-12-11-19-7-4-5-8-20(19)15-22/h4-12,15-16,18,24H,13-14,17H2,1-3H3. The molecule has 0 bridgehead atoms. The summed E-state index contributed by atoms with van der Waals surface area (Å²) in [5.74, 6) is 0.917. The lowest BCUT2D eigenvalue weighted by molar-refractivity contribution is 0.0838. The third-order valence-electron chi connectivity index (χ3n) is 5.86. The molecule has 0 radical (unpaired) electrons. The first-order valence-corrected chi connectivity index (χ1v) is 9.72. The van der Waals surface area contributed by atoms with Crippen LogP contribution in [0.2, 0.25) is 0 Å². The maximum Gasteiger partial charge on any atom is 0.119 e. The molecule has 2 unspecified atom stereocenters. The molecule has 0 saturated carbocycles. The van der Waals surface area contributed by atoms with E-state index in [2.05, 4.69) is 84.4 Å². The molecule has 3 heteroatoms. The molecule has 0 aromatic heterocycles. The number of fused-ring (bicyclic) bond motifs is 1. The fourth-order valence-electron chi connectivity index (χ4n) is 4.11. The first-order chi connectivity index (χ1) is 13.2. The van der Waals surface area contributed by atoms with Crippen LogP contribution < -0.4 is 4.74 Å². The lowest BCUT2D eigenvalue weighted by Gasteiger charge is -2.42. The number of methoxy groups -OCH3 is 1. The second-order valence-electron chi connectivity index (χ2n) is 7.61. The summed E-state index contributed by atoms with van der Waals surface area (Å²) in [4.78, 5) is 5.06. The van der Waals surface area contributed by atoms with E-state index in [4.69, 9.17) is 4.74 Å². The van der Waals surface area contributed by atoms with Crippen molar-refractivity contribution in [2.45, 2.75) is 19.0 Å². The van der Waals surface area contributed by atoms with Gasteiger partial charge < -0.3 is 9.64 Å². The van der Waals surface area contributed by atoms with E-state index in [9.17, 15) is 0 Å². The zero-order valence-electron chi connectivity index (χ0n) is 16.4. The van der Waals surface area contributed by atoms with Gasteiger partial charge in [0.2, 0.25) is 0 Å². The largest absolute Gasteiger partial charge is 0.497 e. The summed E-state index contributed by atoms with van der Waals surface area (Å²) in [5, 5.41) is 2.59. The maximum atomic E-state index is 5.51. The van der Waals surface area contributed by atoms with Crippen LogP contribution in [0.5, 0.6) is 5.75 Å². The van der Waals surface area contributed by atoms with Crippen molar-refractivity contribution in [3.05, 3.63) is 77.9 Å². The van der Waals surface area contributed by atoms with Crippen LogP contribution >= 0.6 is 0 Å². The number of rotatable bonds is 4. The van der Waals surface area contributed by atoms with Gasteiger partial charge in [0, 0.05) is 25.7 Å². The zero-order chi connectivity index (χ0) is 18.8. The van der Waals surface area contributed by atoms with Gasteiger partial charge >= 0.3 is 0 Å². The Morgan fingerprint density at radius 2 is 1.67 bits per heavy atom. The SMILES string of the molecule is COc1cccc(C(c2ccc3ccccc3c2)N2CCN(C)C(C)C2)c1. The van der Waals surface area contributed by atoms with E-state index in [-0.39, 0.29) is 6.04 Å². The van der Waals surface area contributed by atoms with Gasteiger partial charge in [-0.1, -0.05) is 48.5 Å². The monoisotopic (exact) mass is 360 g/mol. The van der Waals surface area contributed by atoms with Crippen molar-refractivity contribution in [3.8, 4) is 5.75 Å². The normalized spacial score (nSPS) is 19.9. The van der Waals surface area contributed by atoms with Crippen molar-refractivity contribution < 1.29 is 4.74 Å². The quantitative estimate of drug-likeness (QED) is 0.678. The molecule has 1 heterocycles. The molecule has 3 aromatic carbocycles. The lowest BCUT2D eigenvalue weighted by atomic mass is 9.93. The Hall–Kier alpha value is -2.36. The second kappa shape index (κ2) is 7.71. The highest BCUT2D eigenvalue weighted by Crippen LogP contribution is 2.33.